The minimum absolute atomic E-state index is 0.240. The Morgan fingerprint density at radius 1 is 1.04 bits per heavy atom. The third-order valence-corrected chi connectivity index (χ3v) is 4.83. The summed E-state index contributed by atoms with van der Waals surface area (Å²) in [5.74, 6) is 1.66. The summed E-state index contributed by atoms with van der Waals surface area (Å²) in [7, 11) is 3.13. The van der Waals surface area contributed by atoms with Crippen LogP contribution in [0, 0.1) is 0 Å². The minimum Gasteiger partial charge on any atom is -0.497 e. The highest BCUT2D eigenvalue weighted by Gasteiger charge is 2.14. The van der Waals surface area contributed by atoms with Gasteiger partial charge in [-0.1, -0.05) is 0 Å². The van der Waals surface area contributed by atoms with Crippen LogP contribution in [0.1, 0.15) is 15.9 Å². The number of benzene rings is 1. The summed E-state index contributed by atoms with van der Waals surface area (Å²) in [6, 6.07) is 12.6. The zero-order chi connectivity index (χ0) is 19.1. The molecule has 0 bridgehead atoms. The van der Waals surface area contributed by atoms with E-state index in [0.29, 0.717) is 33.5 Å². The summed E-state index contributed by atoms with van der Waals surface area (Å²) < 4.78 is 10.5. The van der Waals surface area contributed by atoms with E-state index >= 15 is 0 Å². The SMILES string of the molecule is COc1cc(NC(=O)c2cccnc2SCc2ccncc2)cc(OC)c1. The van der Waals surface area contributed by atoms with Crippen molar-refractivity contribution in [2.75, 3.05) is 19.5 Å². The monoisotopic (exact) mass is 381 g/mol. The predicted molar refractivity (Wildman–Crippen MR) is 106 cm³/mol. The first-order chi connectivity index (χ1) is 13.2. The van der Waals surface area contributed by atoms with Crippen LogP contribution in [-0.4, -0.2) is 30.1 Å². The Balaban J connectivity index is 1.77. The first kappa shape index (κ1) is 18.7. The number of hydrogen-bond donors (Lipinski definition) is 1. The van der Waals surface area contributed by atoms with Crippen molar-refractivity contribution in [2.24, 2.45) is 0 Å². The fourth-order valence-electron chi connectivity index (χ4n) is 2.39. The van der Waals surface area contributed by atoms with Gasteiger partial charge in [0.15, 0.2) is 0 Å². The number of ether oxygens (including phenoxy) is 2. The second kappa shape index (κ2) is 9.05. The average molecular weight is 381 g/mol. The van der Waals surface area contributed by atoms with Gasteiger partial charge in [-0.3, -0.25) is 9.78 Å². The van der Waals surface area contributed by atoms with E-state index in [1.807, 2.05) is 12.1 Å². The second-order valence-corrected chi connectivity index (χ2v) is 6.52. The van der Waals surface area contributed by atoms with Crippen molar-refractivity contribution in [3.05, 3.63) is 72.2 Å². The molecule has 0 saturated heterocycles. The van der Waals surface area contributed by atoms with Crippen LogP contribution in [0.5, 0.6) is 11.5 Å². The molecule has 0 spiro atoms. The second-order valence-electron chi connectivity index (χ2n) is 5.56. The summed E-state index contributed by atoms with van der Waals surface area (Å²) >= 11 is 1.51. The van der Waals surface area contributed by atoms with Crippen LogP contribution < -0.4 is 14.8 Å². The fraction of sp³-hybridized carbons (Fsp3) is 0.150. The highest BCUT2D eigenvalue weighted by molar-refractivity contribution is 7.98. The van der Waals surface area contributed by atoms with Crippen LogP contribution in [0.2, 0.25) is 0 Å². The highest BCUT2D eigenvalue weighted by Crippen LogP contribution is 2.28. The van der Waals surface area contributed by atoms with Gasteiger partial charge in [0.25, 0.3) is 5.91 Å². The fourth-order valence-corrected chi connectivity index (χ4v) is 3.33. The van der Waals surface area contributed by atoms with Crippen LogP contribution in [0.15, 0.2) is 66.1 Å². The largest absolute Gasteiger partial charge is 0.497 e. The van der Waals surface area contributed by atoms with E-state index in [9.17, 15) is 4.79 Å². The molecule has 1 amide bonds. The zero-order valence-corrected chi connectivity index (χ0v) is 15.8. The Morgan fingerprint density at radius 2 is 1.74 bits per heavy atom. The van der Waals surface area contributed by atoms with Crippen LogP contribution >= 0.6 is 11.8 Å². The minimum atomic E-state index is -0.240. The Hall–Kier alpha value is -3.06. The standard InChI is InChI=1S/C20H19N3O3S/c1-25-16-10-15(11-17(12-16)26-2)23-19(24)18-4-3-7-22-20(18)27-13-14-5-8-21-9-6-14/h3-12H,13H2,1-2H3,(H,23,24). The van der Waals surface area contributed by atoms with Gasteiger partial charge >= 0.3 is 0 Å². The van der Waals surface area contributed by atoms with Crippen molar-refractivity contribution < 1.29 is 14.3 Å². The lowest BCUT2D eigenvalue weighted by molar-refractivity contribution is 0.102. The number of amides is 1. The molecular weight excluding hydrogens is 362 g/mol. The lowest BCUT2D eigenvalue weighted by Gasteiger charge is -2.11. The van der Waals surface area contributed by atoms with Crippen molar-refractivity contribution in [1.29, 1.82) is 0 Å². The van der Waals surface area contributed by atoms with E-state index < -0.39 is 0 Å². The number of rotatable bonds is 7. The Morgan fingerprint density at radius 3 is 2.41 bits per heavy atom. The van der Waals surface area contributed by atoms with Crippen molar-refractivity contribution in [2.45, 2.75) is 10.8 Å². The number of thioether (sulfide) groups is 1. The van der Waals surface area contributed by atoms with E-state index in [4.69, 9.17) is 9.47 Å². The summed E-state index contributed by atoms with van der Waals surface area (Å²) in [4.78, 5) is 21.2. The molecule has 1 N–H and O–H groups in total. The lowest BCUT2D eigenvalue weighted by atomic mass is 10.2. The van der Waals surface area contributed by atoms with Crippen molar-refractivity contribution in [1.82, 2.24) is 9.97 Å². The van der Waals surface area contributed by atoms with Gasteiger partial charge in [0.05, 0.1) is 19.8 Å². The summed E-state index contributed by atoms with van der Waals surface area (Å²) in [6.45, 7) is 0. The van der Waals surface area contributed by atoms with E-state index in [2.05, 4.69) is 15.3 Å². The molecule has 7 heteroatoms. The molecule has 0 aliphatic rings. The number of anilines is 1. The maximum absolute atomic E-state index is 12.8. The smallest absolute Gasteiger partial charge is 0.258 e. The highest BCUT2D eigenvalue weighted by atomic mass is 32.2. The van der Waals surface area contributed by atoms with Crippen LogP contribution in [0.4, 0.5) is 5.69 Å². The summed E-state index contributed by atoms with van der Waals surface area (Å²) in [5.41, 5.74) is 2.22. The quantitative estimate of drug-likeness (QED) is 0.623. The van der Waals surface area contributed by atoms with E-state index in [0.717, 1.165) is 5.56 Å². The average Bonchev–Trinajstić information content (AvgIpc) is 2.72. The molecule has 0 fully saturated rings. The number of pyridine rings is 2. The number of nitrogens with one attached hydrogen (secondary N) is 1. The third-order valence-electron chi connectivity index (χ3n) is 3.75. The Bertz CT molecular complexity index is 897. The van der Waals surface area contributed by atoms with Gasteiger partial charge < -0.3 is 14.8 Å². The normalized spacial score (nSPS) is 10.3. The first-order valence-electron chi connectivity index (χ1n) is 8.20. The zero-order valence-electron chi connectivity index (χ0n) is 15.0. The van der Waals surface area contributed by atoms with Gasteiger partial charge in [-0.05, 0) is 29.8 Å². The maximum atomic E-state index is 12.8. The molecule has 0 unspecified atom stereocenters. The predicted octanol–water partition coefficient (Wildman–Crippen LogP) is 4.04. The van der Waals surface area contributed by atoms with Gasteiger partial charge in [0.2, 0.25) is 0 Å². The van der Waals surface area contributed by atoms with E-state index in [1.165, 1.54) is 11.8 Å². The number of methoxy groups -OCH3 is 2. The van der Waals surface area contributed by atoms with Gasteiger partial charge in [0.1, 0.15) is 16.5 Å². The van der Waals surface area contributed by atoms with Crippen molar-refractivity contribution in [3.8, 4) is 11.5 Å². The molecule has 0 radical (unpaired) electrons. The number of hydrogen-bond acceptors (Lipinski definition) is 6. The number of nitrogens with zero attached hydrogens (tertiary/aromatic N) is 2. The molecule has 2 aromatic heterocycles. The molecule has 1 aromatic carbocycles. The van der Waals surface area contributed by atoms with E-state index in [1.54, 1.807) is 63.1 Å². The number of carbonyl (C=O) groups is 1. The third kappa shape index (κ3) is 4.98. The van der Waals surface area contributed by atoms with Gasteiger partial charge in [-0.25, -0.2) is 4.98 Å². The van der Waals surface area contributed by atoms with Crippen molar-refractivity contribution >= 4 is 23.4 Å². The lowest BCUT2D eigenvalue weighted by Crippen LogP contribution is -2.13. The molecule has 2 heterocycles. The molecule has 0 atom stereocenters. The summed E-state index contributed by atoms with van der Waals surface area (Å²) in [5, 5.41) is 3.55. The Kier molecular flexibility index (Phi) is 6.27. The van der Waals surface area contributed by atoms with Gasteiger partial charge in [-0.2, -0.15) is 0 Å². The van der Waals surface area contributed by atoms with Crippen molar-refractivity contribution in [3.63, 3.8) is 0 Å². The van der Waals surface area contributed by atoms with Crippen LogP contribution in [0.3, 0.4) is 0 Å². The van der Waals surface area contributed by atoms with Crippen LogP contribution in [0.25, 0.3) is 0 Å². The topological polar surface area (TPSA) is 73.3 Å². The Labute approximate surface area is 162 Å². The maximum Gasteiger partial charge on any atom is 0.258 e. The van der Waals surface area contributed by atoms with Gasteiger partial charge in [0, 0.05) is 48.2 Å². The molecule has 6 nitrogen and oxygen atoms in total. The molecule has 0 aliphatic carbocycles. The molecule has 27 heavy (non-hydrogen) atoms. The van der Waals surface area contributed by atoms with Gasteiger partial charge in [-0.15, -0.1) is 11.8 Å². The number of carbonyl (C=O) groups excluding carboxylic acids is 1. The molecular formula is C20H19N3O3S. The first-order valence-corrected chi connectivity index (χ1v) is 9.19. The molecule has 3 rings (SSSR count). The van der Waals surface area contributed by atoms with E-state index in [-0.39, 0.29) is 5.91 Å². The molecule has 0 aliphatic heterocycles. The molecule has 3 aromatic rings. The summed E-state index contributed by atoms with van der Waals surface area (Å²) in [6.07, 6.45) is 5.18. The molecule has 138 valence electrons. The molecule has 0 saturated carbocycles. The van der Waals surface area contributed by atoms with Crippen LogP contribution in [-0.2, 0) is 5.75 Å². The number of aromatic nitrogens is 2.